The number of thiophene rings is 1. The second kappa shape index (κ2) is 3.27. The molecule has 0 saturated heterocycles. The van der Waals surface area contributed by atoms with Gasteiger partial charge in [0.05, 0.1) is 5.00 Å². The molecule has 0 amide bonds. The topological polar surface area (TPSA) is 43.1 Å². The van der Waals surface area contributed by atoms with Gasteiger partial charge >= 0.3 is 0 Å². The zero-order valence-electron chi connectivity index (χ0n) is 7.60. The lowest BCUT2D eigenvalue weighted by molar-refractivity contribution is -0.116. The van der Waals surface area contributed by atoms with Gasteiger partial charge < -0.3 is 5.73 Å². The molecule has 12 heavy (non-hydrogen) atoms. The van der Waals surface area contributed by atoms with E-state index in [4.69, 9.17) is 5.73 Å². The number of carbonyl (C=O) groups excluding carboxylic acids is 1. The van der Waals surface area contributed by atoms with E-state index in [1.165, 1.54) is 10.4 Å². The molecular formula is C9H13NOS. The smallest absolute Gasteiger partial charge is 0.134 e. The first-order valence-corrected chi connectivity index (χ1v) is 4.67. The molecule has 2 nitrogen and oxygen atoms in total. The molecule has 0 radical (unpaired) electrons. The average molecular weight is 183 g/mol. The highest BCUT2D eigenvalue weighted by molar-refractivity contribution is 7.16. The summed E-state index contributed by atoms with van der Waals surface area (Å²) in [5.74, 6) is 0.169. The van der Waals surface area contributed by atoms with Crippen LogP contribution >= 0.6 is 11.3 Å². The lowest BCUT2D eigenvalue weighted by atomic mass is 10.1. The van der Waals surface area contributed by atoms with Crippen LogP contribution in [0.3, 0.4) is 0 Å². The van der Waals surface area contributed by atoms with Crippen molar-refractivity contribution in [3.8, 4) is 0 Å². The molecule has 1 aromatic rings. The van der Waals surface area contributed by atoms with Crippen LogP contribution in [-0.4, -0.2) is 5.78 Å². The minimum Gasteiger partial charge on any atom is -0.390 e. The van der Waals surface area contributed by atoms with Gasteiger partial charge in [0.15, 0.2) is 0 Å². The van der Waals surface area contributed by atoms with Crippen molar-refractivity contribution in [3.63, 3.8) is 0 Å². The summed E-state index contributed by atoms with van der Waals surface area (Å²) in [4.78, 5) is 12.1. The van der Waals surface area contributed by atoms with Crippen molar-refractivity contribution in [2.24, 2.45) is 0 Å². The number of hydrogen-bond donors (Lipinski definition) is 1. The lowest BCUT2D eigenvalue weighted by Gasteiger charge is -1.97. The van der Waals surface area contributed by atoms with E-state index in [9.17, 15) is 4.79 Å². The summed E-state index contributed by atoms with van der Waals surface area (Å²) in [6.45, 7) is 5.63. The second-order valence-electron chi connectivity index (χ2n) is 3.00. The van der Waals surface area contributed by atoms with Crippen LogP contribution in [0.25, 0.3) is 0 Å². The third-order valence-electron chi connectivity index (χ3n) is 1.97. The minimum atomic E-state index is 0.169. The van der Waals surface area contributed by atoms with Crippen LogP contribution in [-0.2, 0) is 11.2 Å². The molecule has 2 N–H and O–H groups in total. The maximum atomic E-state index is 10.9. The van der Waals surface area contributed by atoms with E-state index in [1.54, 1.807) is 18.3 Å². The Morgan fingerprint density at radius 2 is 2.08 bits per heavy atom. The van der Waals surface area contributed by atoms with E-state index in [0.717, 1.165) is 10.6 Å². The summed E-state index contributed by atoms with van der Waals surface area (Å²) in [6.07, 6.45) is 0.474. The summed E-state index contributed by atoms with van der Waals surface area (Å²) in [5, 5.41) is 0.792. The highest BCUT2D eigenvalue weighted by Crippen LogP contribution is 2.29. The molecule has 66 valence electrons. The van der Waals surface area contributed by atoms with Gasteiger partial charge in [-0.3, -0.25) is 4.79 Å². The molecule has 0 unspecified atom stereocenters. The Kier molecular flexibility index (Phi) is 2.52. The number of nitrogen functional groups attached to an aromatic ring is 1. The predicted octanol–water partition coefficient (Wildman–Crippen LogP) is 2.08. The molecule has 1 rings (SSSR count). The molecule has 0 aromatic carbocycles. The highest BCUT2D eigenvalue weighted by Gasteiger charge is 2.10. The fourth-order valence-corrected chi connectivity index (χ4v) is 2.12. The second-order valence-corrected chi connectivity index (χ2v) is 4.26. The van der Waals surface area contributed by atoms with Gasteiger partial charge in [0.2, 0.25) is 0 Å². The van der Waals surface area contributed by atoms with E-state index < -0.39 is 0 Å². The van der Waals surface area contributed by atoms with Gasteiger partial charge in [-0.2, -0.15) is 0 Å². The maximum Gasteiger partial charge on any atom is 0.134 e. The van der Waals surface area contributed by atoms with Crippen molar-refractivity contribution in [2.75, 3.05) is 5.73 Å². The van der Waals surface area contributed by atoms with Gasteiger partial charge in [-0.25, -0.2) is 0 Å². The van der Waals surface area contributed by atoms with Gasteiger partial charge in [-0.05, 0) is 31.9 Å². The molecule has 0 aliphatic carbocycles. The van der Waals surface area contributed by atoms with Crippen molar-refractivity contribution >= 4 is 22.1 Å². The van der Waals surface area contributed by atoms with Crippen LogP contribution in [0.2, 0.25) is 0 Å². The first-order chi connectivity index (χ1) is 5.52. The van der Waals surface area contributed by atoms with Gasteiger partial charge in [0, 0.05) is 11.3 Å². The van der Waals surface area contributed by atoms with Crippen molar-refractivity contribution < 1.29 is 4.79 Å². The number of hydrogen-bond acceptors (Lipinski definition) is 3. The molecule has 0 atom stereocenters. The summed E-state index contributed by atoms with van der Waals surface area (Å²) in [6, 6.07) is 0. The highest BCUT2D eigenvalue weighted by atomic mass is 32.1. The molecule has 0 saturated carbocycles. The van der Waals surface area contributed by atoms with Crippen molar-refractivity contribution in [1.29, 1.82) is 0 Å². The van der Waals surface area contributed by atoms with E-state index in [-0.39, 0.29) is 5.78 Å². The first kappa shape index (κ1) is 9.26. The summed E-state index contributed by atoms with van der Waals surface area (Å²) >= 11 is 1.56. The number of nitrogens with two attached hydrogens (primary N) is 1. The third-order valence-corrected chi connectivity index (χ3v) is 3.05. The number of rotatable bonds is 2. The van der Waals surface area contributed by atoms with E-state index in [1.807, 2.05) is 13.8 Å². The Hall–Kier alpha value is -0.830. The molecule has 3 heteroatoms. The third kappa shape index (κ3) is 1.67. The molecular weight excluding hydrogens is 170 g/mol. The largest absolute Gasteiger partial charge is 0.390 e. The predicted molar refractivity (Wildman–Crippen MR) is 52.6 cm³/mol. The van der Waals surface area contributed by atoms with Crippen LogP contribution in [0, 0.1) is 13.8 Å². The van der Waals surface area contributed by atoms with E-state index in [0.29, 0.717) is 6.42 Å². The van der Waals surface area contributed by atoms with Crippen LogP contribution in [0.5, 0.6) is 0 Å². The van der Waals surface area contributed by atoms with Crippen LogP contribution in [0.4, 0.5) is 5.00 Å². The SMILES string of the molecule is CC(=O)Cc1c(N)sc(C)c1C. The average Bonchev–Trinajstić information content (AvgIpc) is 2.16. The van der Waals surface area contributed by atoms with Crippen molar-refractivity contribution in [3.05, 3.63) is 16.0 Å². The quantitative estimate of drug-likeness (QED) is 0.762. The zero-order chi connectivity index (χ0) is 9.30. The van der Waals surface area contributed by atoms with Crippen molar-refractivity contribution in [2.45, 2.75) is 27.2 Å². The molecule has 1 heterocycles. The van der Waals surface area contributed by atoms with Crippen LogP contribution < -0.4 is 5.73 Å². The molecule has 0 bridgehead atoms. The van der Waals surface area contributed by atoms with Gasteiger partial charge in [-0.1, -0.05) is 0 Å². The Morgan fingerprint density at radius 1 is 1.50 bits per heavy atom. The standard InChI is InChI=1S/C9H13NOS/c1-5(11)4-8-6(2)7(3)12-9(8)10/h4,10H2,1-3H3. The maximum absolute atomic E-state index is 10.9. The molecule has 0 fully saturated rings. The number of anilines is 1. The zero-order valence-corrected chi connectivity index (χ0v) is 8.42. The molecule has 1 aromatic heterocycles. The summed E-state index contributed by atoms with van der Waals surface area (Å²) in [7, 11) is 0. The Morgan fingerprint density at radius 3 is 2.42 bits per heavy atom. The number of Topliss-reactive ketones (excluding diaryl/α,β-unsaturated/α-hetero) is 1. The van der Waals surface area contributed by atoms with E-state index >= 15 is 0 Å². The fourth-order valence-electron chi connectivity index (χ4n) is 1.17. The molecule has 0 spiro atoms. The number of ketones is 1. The fraction of sp³-hybridized carbons (Fsp3) is 0.444. The van der Waals surface area contributed by atoms with Gasteiger partial charge in [-0.15, -0.1) is 11.3 Å². The normalized spacial score (nSPS) is 10.2. The Balaban J connectivity index is 3.05. The first-order valence-electron chi connectivity index (χ1n) is 3.86. The Labute approximate surface area is 76.4 Å². The summed E-state index contributed by atoms with van der Waals surface area (Å²) < 4.78 is 0. The van der Waals surface area contributed by atoms with Gasteiger partial charge in [0.25, 0.3) is 0 Å². The number of aryl methyl sites for hydroxylation is 1. The van der Waals surface area contributed by atoms with Crippen LogP contribution in [0.1, 0.15) is 22.9 Å². The lowest BCUT2D eigenvalue weighted by Crippen LogP contribution is -1.99. The van der Waals surface area contributed by atoms with Crippen LogP contribution in [0.15, 0.2) is 0 Å². The Bertz CT molecular complexity index is 315. The minimum absolute atomic E-state index is 0.169. The van der Waals surface area contributed by atoms with E-state index in [2.05, 4.69) is 0 Å². The molecule has 0 aliphatic rings. The van der Waals surface area contributed by atoms with Gasteiger partial charge in [0.1, 0.15) is 5.78 Å². The number of carbonyl (C=O) groups is 1. The monoisotopic (exact) mass is 183 g/mol. The summed E-state index contributed by atoms with van der Waals surface area (Å²) in [5.41, 5.74) is 7.95. The van der Waals surface area contributed by atoms with Crippen molar-refractivity contribution in [1.82, 2.24) is 0 Å². The molecule has 0 aliphatic heterocycles.